The summed E-state index contributed by atoms with van der Waals surface area (Å²) in [6, 6.07) is 13.5. The molecule has 170 valence electrons. The van der Waals surface area contributed by atoms with Gasteiger partial charge in [0, 0.05) is 55.7 Å². The smallest absolute Gasteiger partial charge is 0.217 e. The molecule has 4 aromatic heterocycles. The second-order valence-corrected chi connectivity index (χ2v) is 9.25. The van der Waals surface area contributed by atoms with E-state index in [-0.39, 0.29) is 11.4 Å². The molecule has 2 aliphatic rings. The van der Waals surface area contributed by atoms with Gasteiger partial charge in [0.2, 0.25) is 5.88 Å². The summed E-state index contributed by atoms with van der Waals surface area (Å²) in [4.78, 5) is 11.7. The number of hydrogen-bond acceptors (Lipinski definition) is 5. The number of aromatic nitrogens is 5. The first-order valence-electron chi connectivity index (χ1n) is 11.6. The zero-order valence-corrected chi connectivity index (χ0v) is 18.8. The maximum atomic E-state index is 14.7. The van der Waals surface area contributed by atoms with E-state index in [4.69, 9.17) is 9.72 Å². The first kappa shape index (κ1) is 19.5. The lowest BCUT2D eigenvalue weighted by Gasteiger charge is -2.39. The monoisotopic (exact) mass is 454 g/mol. The molecule has 0 unspecified atom stereocenters. The first-order chi connectivity index (χ1) is 16.6. The van der Waals surface area contributed by atoms with Crippen LogP contribution in [0, 0.1) is 12.7 Å². The zero-order valence-electron chi connectivity index (χ0n) is 18.8. The van der Waals surface area contributed by atoms with E-state index in [0.29, 0.717) is 5.39 Å². The molecule has 5 aromatic rings. The fraction of sp³-hybridized carbons (Fsp3) is 0.269. The van der Waals surface area contributed by atoms with Crippen molar-refractivity contribution in [1.82, 2.24) is 24.1 Å². The molecule has 8 heteroatoms. The molecule has 2 aliphatic heterocycles. The molecular weight excluding hydrogens is 431 g/mol. The van der Waals surface area contributed by atoms with Crippen molar-refractivity contribution in [3.63, 3.8) is 0 Å². The summed E-state index contributed by atoms with van der Waals surface area (Å²) < 4.78 is 24.7. The molecule has 0 bridgehead atoms. The highest BCUT2D eigenvalue weighted by Crippen LogP contribution is 2.41. The van der Waals surface area contributed by atoms with E-state index < -0.39 is 0 Å². The minimum atomic E-state index is -0.257. The fourth-order valence-corrected chi connectivity index (χ4v) is 5.53. The van der Waals surface area contributed by atoms with Gasteiger partial charge in [0.1, 0.15) is 16.9 Å². The third kappa shape index (κ3) is 2.77. The number of benzene rings is 1. The van der Waals surface area contributed by atoms with E-state index in [1.54, 1.807) is 18.5 Å². The SMILES string of the molecule is Cc1nc(N2CCC3(CC2)Cc2cccnc2O3)c2ccnn2c1-n1cc(F)c2ccccc21. The Bertz CT molecular complexity index is 1540. The molecular formula is C26H23FN6O. The number of para-hydroxylation sites is 1. The number of piperidine rings is 1. The average molecular weight is 455 g/mol. The molecule has 1 spiro atoms. The number of nitrogens with zero attached hydrogens (tertiary/aromatic N) is 6. The van der Waals surface area contributed by atoms with Gasteiger partial charge in [-0.3, -0.25) is 4.57 Å². The molecule has 0 saturated carbocycles. The highest BCUT2D eigenvalue weighted by atomic mass is 19.1. The molecule has 0 radical (unpaired) electrons. The minimum Gasteiger partial charge on any atom is -0.470 e. The number of ether oxygens (including phenoxy) is 1. The Kier molecular flexibility index (Phi) is 4.04. The van der Waals surface area contributed by atoms with Crippen molar-refractivity contribution in [3.05, 3.63) is 78.1 Å². The molecule has 0 N–H and O–H groups in total. The Morgan fingerprint density at radius 3 is 2.71 bits per heavy atom. The second-order valence-electron chi connectivity index (χ2n) is 9.25. The molecule has 1 fully saturated rings. The van der Waals surface area contributed by atoms with Gasteiger partial charge in [-0.15, -0.1) is 0 Å². The van der Waals surface area contributed by atoms with Crippen LogP contribution >= 0.6 is 0 Å². The summed E-state index contributed by atoms with van der Waals surface area (Å²) in [5.74, 6) is 2.17. The maximum Gasteiger partial charge on any atom is 0.217 e. The molecule has 7 rings (SSSR count). The van der Waals surface area contributed by atoms with Gasteiger partial charge < -0.3 is 9.64 Å². The van der Waals surface area contributed by atoms with Crippen LogP contribution in [0.3, 0.4) is 0 Å². The van der Waals surface area contributed by atoms with E-state index in [2.05, 4.69) is 21.0 Å². The van der Waals surface area contributed by atoms with Gasteiger partial charge in [0.15, 0.2) is 11.6 Å². The normalized spacial score (nSPS) is 16.9. The molecule has 6 heterocycles. The highest BCUT2D eigenvalue weighted by Gasteiger charge is 2.43. The summed E-state index contributed by atoms with van der Waals surface area (Å²) >= 11 is 0. The van der Waals surface area contributed by atoms with Crippen LogP contribution in [0.5, 0.6) is 5.88 Å². The maximum absolute atomic E-state index is 14.7. The Balaban J connectivity index is 1.25. The summed E-state index contributed by atoms with van der Waals surface area (Å²) in [5, 5.41) is 5.18. The quantitative estimate of drug-likeness (QED) is 0.393. The Labute approximate surface area is 195 Å². The molecule has 7 nitrogen and oxygen atoms in total. The fourth-order valence-electron chi connectivity index (χ4n) is 5.53. The van der Waals surface area contributed by atoms with Crippen LogP contribution in [0.15, 0.2) is 61.1 Å². The Morgan fingerprint density at radius 2 is 1.85 bits per heavy atom. The zero-order chi connectivity index (χ0) is 22.9. The van der Waals surface area contributed by atoms with Gasteiger partial charge in [0.25, 0.3) is 0 Å². The summed E-state index contributed by atoms with van der Waals surface area (Å²) in [6.45, 7) is 3.63. The largest absolute Gasteiger partial charge is 0.470 e. The lowest BCUT2D eigenvalue weighted by Crippen LogP contribution is -2.47. The van der Waals surface area contributed by atoms with Crippen molar-refractivity contribution in [2.75, 3.05) is 18.0 Å². The number of halogens is 1. The number of aryl methyl sites for hydroxylation is 1. The lowest BCUT2D eigenvalue weighted by atomic mass is 9.87. The molecule has 0 atom stereocenters. The number of rotatable bonds is 2. The van der Waals surface area contributed by atoms with Gasteiger partial charge in [-0.05, 0) is 31.2 Å². The standard InChI is InChI=1S/C26H23FN6O/c1-17-25(32-16-20(27)19-6-2-3-7-21(19)32)33-22(8-12-29-33)23(30-17)31-13-9-26(10-14-31)15-18-5-4-11-28-24(18)34-26/h2-8,11-12,16H,9-10,13-15H2,1H3. The van der Waals surface area contributed by atoms with E-state index in [9.17, 15) is 4.39 Å². The molecule has 34 heavy (non-hydrogen) atoms. The minimum absolute atomic E-state index is 0.180. The predicted octanol–water partition coefficient (Wildman–Crippen LogP) is 4.49. The second kappa shape index (κ2) is 7.03. The molecule has 1 saturated heterocycles. The molecule has 1 aromatic carbocycles. The summed E-state index contributed by atoms with van der Waals surface area (Å²) in [6.07, 6.45) is 7.79. The number of pyridine rings is 1. The van der Waals surface area contributed by atoms with Crippen LogP contribution in [0.25, 0.3) is 22.2 Å². The Morgan fingerprint density at radius 1 is 1.00 bits per heavy atom. The van der Waals surface area contributed by atoms with Crippen molar-refractivity contribution in [2.45, 2.75) is 31.8 Å². The van der Waals surface area contributed by atoms with Crippen LogP contribution in [0.2, 0.25) is 0 Å². The third-order valence-electron chi connectivity index (χ3n) is 7.21. The average Bonchev–Trinajstić information content (AvgIpc) is 3.55. The topological polar surface area (TPSA) is 60.5 Å². The van der Waals surface area contributed by atoms with Crippen molar-refractivity contribution in [1.29, 1.82) is 0 Å². The Hall–Kier alpha value is -3.94. The van der Waals surface area contributed by atoms with Gasteiger partial charge >= 0.3 is 0 Å². The lowest BCUT2D eigenvalue weighted by molar-refractivity contribution is 0.0628. The van der Waals surface area contributed by atoms with Gasteiger partial charge in [-0.2, -0.15) is 5.10 Å². The van der Waals surface area contributed by atoms with E-state index in [1.165, 1.54) is 11.8 Å². The van der Waals surface area contributed by atoms with Crippen LogP contribution < -0.4 is 9.64 Å². The van der Waals surface area contributed by atoms with Crippen LogP contribution in [0.4, 0.5) is 10.2 Å². The van der Waals surface area contributed by atoms with Crippen LogP contribution in [-0.2, 0) is 6.42 Å². The van der Waals surface area contributed by atoms with Gasteiger partial charge in [0.05, 0.1) is 17.4 Å². The van der Waals surface area contributed by atoms with Crippen LogP contribution in [-0.4, -0.2) is 42.8 Å². The van der Waals surface area contributed by atoms with Crippen molar-refractivity contribution in [2.24, 2.45) is 0 Å². The molecule has 0 amide bonds. The van der Waals surface area contributed by atoms with Gasteiger partial charge in [-0.25, -0.2) is 18.9 Å². The van der Waals surface area contributed by atoms with E-state index >= 15 is 0 Å². The predicted molar refractivity (Wildman–Crippen MR) is 127 cm³/mol. The van der Waals surface area contributed by atoms with Crippen LogP contribution in [0.1, 0.15) is 24.1 Å². The first-order valence-corrected chi connectivity index (χ1v) is 11.6. The van der Waals surface area contributed by atoms with E-state index in [0.717, 1.165) is 66.6 Å². The van der Waals surface area contributed by atoms with Crippen molar-refractivity contribution < 1.29 is 9.13 Å². The van der Waals surface area contributed by atoms with E-state index in [1.807, 2.05) is 46.3 Å². The summed E-state index contributed by atoms with van der Waals surface area (Å²) in [7, 11) is 0. The molecule has 0 aliphatic carbocycles. The van der Waals surface area contributed by atoms with Gasteiger partial charge in [-0.1, -0.05) is 18.2 Å². The highest BCUT2D eigenvalue weighted by molar-refractivity contribution is 5.83. The summed E-state index contributed by atoms with van der Waals surface area (Å²) in [5.41, 5.74) is 3.51. The number of hydrogen-bond donors (Lipinski definition) is 0. The number of anilines is 1. The van der Waals surface area contributed by atoms with Crippen molar-refractivity contribution >= 4 is 22.2 Å². The third-order valence-corrected chi connectivity index (χ3v) is 7.21. The number of fused-ring (bicyclic) bond motifs is 3. The van der Waals surface area contributed by atoms with Crippen molar-refractivity contribution in [3.8, 4) is 11.7 Å².